The first kappa shape index (κ1) is 22.8. The first-order valence-corrected chi connectivity index (χ1v) is 9.95. The molecule has 2 heterocycles. The van der Waals surface area contributed by atoms with Crippen LogP contribution in [0.4, 0.5) is 32.0 Å². The Labute approximate surface area is 190 Å². The molecule has 0 saturated heterocycles. The van der Waals surface area contributed by atoms with Gasteiger partial charge in [0.25, 0.3) is 5.91 Å². The molecule has 0 fully saturated rings. The predicted molar refractivity (Wildman–Crippen MR) is 111 cm³/mol. The highest BCUT2D eigenvalue weighted by Crippen LogP contribution is 2.36. The quantitative estimate of drug-likeness (QED) is 0.311. The third-order valence-corrected chi connectivity index (χ3v) is 5.32. The van der Waals surface area contributed by atoms with Crippen LogP contribution in [0, 0.1) is 0 Å². The smallest absolute Gasteiger partial charge is 0.320 e. The minimum atomic E-state index is -4.85. The SMILES string of the molecule is O=C(Nc1ccccc1C(F)(F)F)c1nn2c(C(F)(F)F)cc(-c3ccccc3)nc2c1Br. The number of aromatic nitrogens is 3. The lowest BCUT2D eigenvalue weighted by atomic mass is 10.1. The maximum atomic E-state index is 13.8. The summed E-state index contributed by atoms with van der Waals surface area (Å²) in [5.74, 6) is -1.14. The molecule has 0 aliphatic rings. The van der Waals surface area contributed by atoms with Crippen LogP contribution in [0.25, 0.3) is 16.9 Å². The number of hydrogen-bond acceptors (Lipinski definition) is 3. The third kappa shape index (κ3) is 4.42. The summed E-state index contributed by atoms with van der Waals surface area (Å²) in [5.41, 5.74) is -3.39. The second-order valence-corrected chi connectivity index (χ2v) is 7.58. The van der Waals surface area contributed by atoms with Gasteiger partial charge in [0.1, 0.15) is 0 Å². The van der Waals surface area contributed by atoms with Crippen molar-refractivity contribution in [2.24, 2.45) is 0 Å². The molecule has 33 heavy (non-hydrogen) atoms. The van der Waals surface area contributed by atoms with Gasteiger partial charge in [-0.3, -0.25) is 4.79 Å². The Bertz CT molecular complexity index is 1350. The lowest BCUT2D eigenvalue weighted by molar-refractivity contribution is -0.142. The van der Waals surface area contributed by atoms with Gasteiger partial charge in [-0.2, -0.15) is 31.4 Å². The number of nitrogens with zero attached hydrogens (tertiary/aromatic N) is 3. The number of nitrogens with one attached hydrogen (secondary N) is 1. The van der Waals surface area contributed by atoms with Gasteiger partial charge in [-0.15, -0.1) is 0 Å². The zero-order chi connectivity index (χ0) is 24.0. The fourth-order valence-corrected chi connectivity index (χ4v) is 3.63. The van der Waals surface area contributed by atoms with Crippen molar-refractivity contribution in [3.05, 3.63) is 82.1 Å². The van der Waals surface area contributed by atoms with Crippen LogP contribution in [-0.4, -0.2) is 20.5 Å². The maximum absolute atomic E-state index is 13.8. The number of rotatable bonds is 3. The lowest BCUT2D eigenvalue weighted by Crippen LogP contribution is -2.18. The van der Waals surface area contributed by atoms with Gasteiger partial charge in [0.05, 0.1) is 21.4 Å². The second kappa shape index (κ2) is 8.18. The molecule has 170 valence electrons. The van der Waals surface area contributed by atoms with E-state index in [4.69, 9.17) is 0 Å². The van der Waals surface area contributed by atoms with Crippen LogP contribution >= 0.6 is 15.9 Å². The Morgan fingerprint density at radius 1 is 0.909 bits per heavy atom. The second-order valence-electron chi connectivity index (χ2n) is 6.79. The van der Waals surface area contributed by atoms with Gasteiger partial charge in [-0.1, -0.05) is 42.5 Å². The number of halogens is 7. The van der Waals surface area contributed by atoms with E-state index in [2.05, 4.69) is 31.3 Å². The van der Waals surface area contributed by atoms with Crippen LogP contribution in [0.15, 0.2) is 65.1 Å². The average molecular weight is 529 g/mol. The molecule has 2 aromatic carbocycles. The number of carbonyl (C=O) groups excluding carboxylic acids is 1. The van der Waals surface area contributed by atoms with Crippen molar-refractivity contribution < 1.29 is 31.1 Å². The summed E-state index contributed by atoms with van der Waals surface area (Å²) in [4.78, 5) is 16.9. The van der Waals surface area contributed by atoms with Gasteiger partial charge in [0.15, 0.2) is 17.0 Å². The molecule has 2 aromatic heterocycles. The number of para-hydroxylation sites is 1. The maximum Gasteiger partial charge on any atom is 0.433 e. The molecule has 0 aliphatic heterocycles. The molecule has 4 aromatic rings. The van der Waals surface area contributed by atoms with Crippen LogP contribution in [0.2, 0.25) is 0 Å². The molecule has 0 aliphatic carbocycles. The fourth-order valence-electron chi connectivity index (χ4n) is 3.12. The zero-order valence-corrected chi connectivity index (χ0v) is 17.8. The topological polar surface area (TPSA) is 59.3 Å². The highest BCUT2D eigenvalue weighted by atomic mass is 79.9. The number of fused-ring (bicyclic) bond motifs is 1. The van der Waals surface area contributed by atoms with Gasteiger partial charge < -0.3 is 5.32 Å². The van der Waals surface area contributed by atoms with Gasteiger partial charge in [0, 0.05) is 5.56 Å². The Balaban J connectivity index is 1.84. The molecule has 0 radical (unpaired) electrons. The van der Waals surface area contributed by atoms with Crippen molar-refractivity contribution >= 4 is 33.2 Å². The van der Waals surface area contributed by atoms with Gasteiger partial charge in [0.2, 0.25) is 0 Å². The van der Waals surface area contributed by atoms with E-state index in [-0.39, 0.29) is 15.8 Å². The summed E-state index contributed by atoms with van der Waals surface area (Å²) in [7, 11) is 0. The zero-order valence-electron chi connectivity index (χ0n) is 16.2. The summed E-state index contributed by atoms with van der Waals surface area (Å²) in [6, 6.07) is 13.0. The number of hydrogen-bond donors (Lipinski definition) is 1. The minimum absolute atomic E-state index is 0.0228. The van der Waals surface area contributed by atoms with E-state index in [1.807, 2.05) is 0 Å². The van der Waals surface area contributed by atoms with E-state index in [1.54, 1.807) is 30.3 Å². The third-order valence-electron chi connectivity index (χ3n) is 4.59. The summed E-state index contributed by atoms with van der Waals surface area (Å²) in [6.07, 6.45) is -9.61. The molecular weight excluding hydrogens is 518 g/mol. The highest BCUT2D eigenvalue weighted by Gasteiger charge is 2.37. The Morgan fingerprint density at radius 2 is 1.55 bits per heavy atom. The summed E-state index contributed by atoms with van der Waals surface area (Å²) in [5, 5.41) is 5.76. The number of anilines is 1. The van der Waals surface area contributed by atoms with Gasteiger partial charge in [-0.05, 0) is 34.1 Å². The number of carbonyl (C=O) groups is 1. The monoisotopic (exact) mass is 528 g/mol. The first-order valence-electron chi connectivity index (χ1n) is 9.16. The van der Waals surface area contributed by atoms with E-state index >= 15 is 0 Å². The van der Waals surface area contributed by atoms with Crippen molar-refractivity contribution in [2.75, 3.05) is 5.32 Å². The van der Waals surface area contributed by atoms with Crippen molar-refractivity contribution in [1.82, 2.24) is 14.6 Å². The largest absolute Gasteiger partial charge is 0.433 e. The van der Waals surface area contributed by atoms with E-state index < -0.39 is 40.9 Å². The van der Waals surface area contributed by atoms with Crippen molar-refractivity contribution in [1.29, 1.82) is 0 Å². The summed E-state index contributed by atoms with van der Waals surface area (Å²) in [6.45, 7) is 0. The molecule has 4 rings (SSSR count). The van der Waals surface area contributed by atoms with Crippen LogP contribution in [0.5, 0.6) is 0 Å². The average Bonchev–Trinajstić information content (AvgIpc) is 3.09. The van der Waals surface area contributed by atoms with E-state index in [9.17, 15) is 31.1 Å². The van der Waals surface area contributed by atoms with Crippen molar-refractivity contribution in [3.63, 3.8) is 0 Å². The van der Waals surface area contributed by atoms with Crippen molar-refractivity contribution in [3.8, 4) is 11.3 Å². The van der Waals surface area contributed by atoms with Crippen LogP contribution in [0.3, 0.4) is 0 Å². The van der Waals surface area contributed by atoms with Gasteiger partial charge >= 0.3 is 12.4 Å². The number of amides is 1. The Morgan fingerprint density at radius 3 is 2.18 bits per heavy atom. The van der Waals surface area contributed by atoms with Gasteiger partial charge in [-0.25, -0.2) is 9.50 Å². The van der Waals surface area contributed by atoms with E-state index in [1.165, 1.54) is 6.07 Å². The Hall–Kier alpha value is -3.41. The van der Waals surface area contributed by atoms with E-state index in [0.29, 0.717) is 10.1 Å². The number of alkyl halides is 6. The molecule has 0 spiro atoms. The molecule has 5 nitrogen and oxygen atoms in total. The van der Waals surface area contributed by atoms with Crippen LogP contribution in [-0.2, 0) is 12.4 Å². The summed E-state index contributed by atoms with van der Waals surface area (Å²) < 4.78 is 81.2. The molecular formula is C21H11BrF6N4O. The number of benzene rings is 2. The fraction of sp³-hybridized carbons (Fsp3) is 0.0952. The lowest BCUT2D eigenvalue weighted by Gasteiger charge is -2.12. The van der Waals surface area contributed by atoms with Crippen LogP contribution in [0.1, 0.15) is 21.7 Å². The molecule has 12 heteroatoms. The predicted octanol–water partition coefficient (Wildman–Crippen LogP) is 6.45. The minimum Gasteiger partial charge on any atom is -0.320 e. The molecule has 0 unspecified atom stereocenters. The highest BCUT2D eigenvalue weighted by molar-refractivity contribution is 9.10. The van der Waals surface area contributed by atoms with Crippen LogP contribution < -0.4 is 5.32 Å². The molecule has 1 N–H and O–H groups in total. The summed E-state index contributed by atoms with van der Waals surface area (Å²) >= 11 is 3.04. The molecule has 0 saturated carbocycles. The molecule has 0 atom stereocenters. The first-order chi connectivity index (χ1) is 15.5. The van der Waals surface area contributed by atoms with E-state index in [0.717, 1.165) is 24.3 Å². The van der Waals surface area contributed by atoms with Crippen molar-refractivity contribution in [2.45, 2.75) is 12.4 Å². The normalized spacial score (nSPS) is 12.2. The molecule has 1 amide bonds. The standard InChI is InChI=1S/C21H11BrF6N4O/c22-16-17(19(33)30-13-9-5-4-8-12(13)20(23,24)25)31-32-15(21(26,27)28)10-14(29-18(16)32)11-6-2-1-3-7-11/h1-10H,(H,30,33). The molecule has 0 bridgehead atoms. The Kier molecular flexibility index (Phi) is 5.64.